The average molecular weight is 311 g/mol. The fraction of sp³-hybridized carbons (Fsp3) is 0.250. The lowest BCUT2D eigenvalue weighted by Crippen LogP contribution is -2.14. The number of pyridine rings is 2. The van der Waals surface area contributed by atoms with Crippen molar-refractivity contribution >= 4 is 34.0 Å². The van der Waals surface area contributed by atoms with Crippen LogP contribution in [-0.2, 0) is 0 Å². The molecule has 7 nitrogen and oxygen atoms in total. The van der Waals surface area contributed by atoms with Crippen LogP contribution in [0.15, 0.2) is 27.4 Å². The largest absolute Gasteiger partial charge is 0.478 e. The Morgan fingerprint density at radius 2 is 2.09 bits per heavy atom. The fourth-order valence-electron chi connectivity index (χ4n) is 2.79. The van der Waals surface area contributed by atoms with Gasteiger partial charge in [0, 0.05) is 11.6 Å². The van der Waals surface area contributed by atoms with Gasteiger partial charge in [0.05, 0.1) is 5.39 Å². The molecule has 0 aliphatic heterocycles. The summed E-state index contributed by atoms with van der Waals surface area (Å²) in [6, 6.07) is 4.76. The van der Waals surface area contributed by atoms with Gasteiger partial charge in [0.1, 0.15) is 11.4 Å². The number of carboxylic acids is 1. The molecule has 116 valence electrons. The van der Waals surface area contributed by atoms with E-state index in [1.165, 1.54) is 12.5 Å². The fourth-order valence-corrected chi connectivity index (χ4v) is 2.79. The van der Waals surface area contributed by atoms with Gasteiger partial charge in [0.2, 0.25) is 11.1 Å². The minimum Gasteiger partial charge on any atom is -0.478 e. The number of fused-ring (bicyclic) bond motifs is 2. The van der Waals surface area contributed by atoms with Crippen molar-refractivity contribution in [3.05, 3.63) is 39.7 Å². The molecule has 0 spiro atoms. The number of aromatic carboxylic acids is 1. The van der Waals surface area contributed by atoms with Crippen LogP contribution in [0.4, 0.5) is 5.82 Å². The normalized spacial score (nSPS) is 15.0. The van der Waals surface area contributed by atoms with Gasteiger partial charge in [-0.2, -0.15) is 4.98 Å². The molecule has 7 heteroatoms. The molecule has 1 aliphatic rings. The number of aromatic nitrogens is 2. The van der Waals surface area contributed by atoms with Gasteiger partial charge in [-0.1, -0.05) is 6.42 Å². The van der Waals surface area contributed by atoms with Crippen molar-refractivity contribution in [2.45, 2.75) is 25.2 Å². The average Bonchev–Trinajstić information content (AvgIpc) is 2.45. The molecular weight excluding hydrogens is 298 g/mol. The highest BCUT2D eigenvalue weighted by atomic mass is 16.4. The monoisotopic (exact) mass is 311 g/mol. The first-order valence-corrected chi connectivity index (χ1v) is 7.32. The summed E-state index contributed by atoms with van der Waals surface area (Å²) in [6.45, 7) is 0. The topological polar surface area (TPSA) is 119 Å². The summed E-state index contributed by atoms with van der Waals surface area (Å²) >= 11 is 0. The van der Waals surface area contributed by atoms with Crippen molar-refractivity contribution in [2.75, 3.05) is 5.73 Å². The van der Waals surface area contributed by atoms with Gasteiger partial charge in [-0.15, -0.1) is 0 Å². The molecule has 23 heavy (non-hydrogen) atoms. The van der Waals surface area contributed by atoms with E-state index in [0.29, 0.717) is 11.5 Å². The lowest BCUT2D eigenvalue weighted by atomic mass is 9.82. The summed E-state index contributed by atoms with van der Waals surface area (Å²) in [5.74, 6) is -1.05. The first-order valence-electron chi connectivity index (χ1n) is 7.32. The van der Waals surface area contributed by atoms with Gasteiger partial charge >= 0.3 is 5.97 Å². The zero-order valence-electron chi connectivity index (χ0n) is 12.1. The molecule has 0 unspecified atom stereocenters. The van der Waals surface area contributed by atoms with Crippen LogP contribution in [0.1, 0.15) is 41.2 Å². The molecule has 3 aromatic heterocycles. The summed E-state index contributed by atoms with van der Waals surface area (Å²) in [5, 5.41) is 9.19. The molecule has 3 N–H and O–H groups in total. The molecule has 1 fully saturated rings. The zero-order chi connectivity index (χ0) is 16.1. The number of carboxylic acid groups (broad SMARTS) is 1. The number of nitrogen functional groups attached to an aromatic ring is 1. The van der Waals surface area contributed by atoms with Crippen molar-refractivity contribution in [2.24, 2.45) is 0 Å². The smallest absolute Gasteiger partial charge is 0.339 e. The van der Waals surface area contributed by atoms with Crippen LogP contribution < -0.4 is 11.2 Å². The number of rotatable bonds is 2. The molecule has 4 rings (SSSR count). The molecule has 0 radical (unpaired) electrons. The highest BCUT2D eigenvalue weighted by Gasteiger charge is 2.22. The van der Waals surface area contributed by atoms with E-state index in [2.05, 4.69) is 9.97 Å². The Labute approximate surface area is 129 Å². The van der Waals surface area contributed by atoms with Crippen LogP contribution in [0.25, 0.3) is 22.2 Å². The molecule has 0 bridgehead atoms. The van der Waals surface area contributed by atoms with E-state index in [1.807, 2.05) is 6.07 Å². The van der Waals surface area contributed by atoms with Gasteiger partial charge in [-0.25, -0.2) is 9.78 Å². The molecular formula is C16H13N3O4. The first kappa shape index (κ1) is 13.7. The number of nitrogens with two attached hydrogens (primary N) is 1. The molecule has 3 aromatic rings. The molecule has 1 saturated carbocycles. The van der Waals surface area contributed by atoms with E-state index >= 15 is 0 Å². The van der Waals surface area contributed by atoms with Crippen molar-refractivity contribution < 1.29 is 14.3 Å². The van der Waals surface area contributed by atoms with Crippen LogP contribution in [0.2, 0.25) is 0 Å². The summed E-state index contributed by atoms with van der Waals surface area (Å²) in [5.41, 5.74) is 6.40. The quantitative estimate of drug-likeness (QED) is 0.697. The van der Waals surface area contributed by atoms with Crippen molar-refractivity contribution in [1.29, 1.82) is 0 Å². The van der Waals surface area contributed by atoms with E-state index in [9.17, 15) is 9.59 Å². The summed E-state index contributed by atoms with van der Waals surface area (Å²) in [6.07, 6.45) is 3.30. The third-order valence-electron chi connectivity index (χ3n) is 4.32. The van der Waals surface area contributed by atoms with Crippen LogP contribution in [0, 0.1) is 0 Å². The number of hydrogen-bond donors (Lipinski definition) is 2. The number of anilines is 1. The highest BCUT2D eigenvalue weighted by Crippen LogP contribution is 2.35. The maximum atomic E-state index is 12.7. The van der Waals surface area contributed by atoms with Crippen molar-refractivity contribution in [3.8, 4) is 0 Å². The molecule has 3 heterocycles. The van der Waals surface area contributed by atoms with Crippen LogP contribution in [-0.4, -0.2) is 21.0 Å². The minimum absolute atomic E-state index is 0.0168. The SMILES string of the molecule is Nc1nc2oc3ccc(C4CCC4)nc3c(=O)c2cc1C(=O)O. The van der Waals surface area contributed by atoms with Crippen LogP contribution >= 0.6 is 0 Å². The number of nitrogens with zero attached hydrogens (tertiary/aromatic N) is 2. The Hall–Kier alpha value is -2.96. The third kappa shape index (κ3) is 2.04. The minimum atomic E-state index is -1.24. The molecule has 0 amide bonds. The first-order chi connectivity index (χ1) is 11.0. The van der Waals surface area contributed by atoms with Crippen molar-refractivity contribution in [1.82, 2.24) is 9.97 Å². The molecule has 0 atom stereocenters. The highest BCUT2D eigenvalue weighted by molar-refractivity contribution is 5.98. The molecule has 0 saturated heterocycles. The Kier molecular flexibility index (Phi) is 2.84. The molecule has 0 aromatic carbocycles. The van der Waals surface area contributed by atoms with Crippen molar-refractivity contribution in [3.63, 3.8) is 0 Å². The Balaban J connectivity index is 2.02. The van der Waals surface area contributed by atoms with E-state index in [1.54, 1.807) is 6.07 Å². The summed E-state index contributed by atoms with van der Waals surface area (Å²) in [7, 11) is 0. The van der Waals surface area contributed by atoms with Gasteiger partial charge in [-0.05, 0) is 31.0 Å². The second kappa shape index (κ2) is 4.77. The number of hydrogen-bond acceptors (Lipinski definition) is 6. The lowest BCUT2D eigenvalue weighted by molar-refractivity contribution is 0.0698. The van der Waals surface area contributed by atoms with Gasteiger partial charge in [0.25, 0.3) is 0 Å². The third-order valence-corrected chi connectivity index (χ3v) is 4.32. The Morgan fingerprint density at radius 3 is 2.74 bits per heavy atom. The van der Waals surface area contributed by atoms with E-state index in [-0.39, 0.29) is 28.0 Å². The van der Waals surface area contributed by atoms with Gasteiger partial charge in [0.15, 0.2) is 11.1 Å². The number of carbonyl (C=O) groups is 1. The predicted molar refractivity (Wildman–Crippen MR) is 83.5 cm³/mol. The van der Waals surface area contributed by atoms with Gasteiger partial charge < -0.3 is 15.3 Å². The lowest BCUT2D eigenvalue weighted by Gasteiger charge is -2.24. The van der Waals surface area contributed by atoms with E-state index in [4.69, 9.17) is 15.3 Å². The zero-order valence-corrected chi connectivity index (χ0v) is 12.1. The Bertz CT molecular complexity index is 1020. The second-order valence-electron chi connectivity index (χ2n) is 5.72. The van der Waals surface area contributed by atoms with Crippen LogP contribution in [0.3, 0.4) is 0 Å². The standard InChI is InChI=1S/C16H13N3O4/c17-14-9(16(21)22)6-8-13(20)12-11(23-15(8)19-14)5-4-10(18-12)7-2-1-3-7/h4-7H,1-3H2,(H2,17,19)(H,21,22). The van der Waals surface area contributed by atoms with E-state index in [0.717, 1.165) is 18.5 Å². The summed E-state index contributed by atoms with van der Waals surface area (Å²) in [4.78, 5) is 32.1. The molecule has 1 aliphatic carbocycles. The summed E-state index contributed by atoms with van der Waals surface area (Å²) < 4.78 is 5.58. The Morgan fingerprint density at radius 1 is 1.30 bits per heavy atom. The predicted octanol–water partition coefficient (Wildman–Crippen LogP) is 2.28. The van der Waals surface area contributed by atoms with E-state index < -0.39 is 11.4 Å². The van der Waals surface area contributed by atoms with Crippen LogP contribution in [0.5, 0.6) is 0 Å². The maximum absolute atomic E-state index is 12.7. The van der Waals surface area contributed by atoms with Gasteiger partial charge in [-0.3, -0.25) is 4.79 Å². The maximum Gasteiger partial charge on any atom is 0.339 e. The second-order valence-corrected chi connectivity index (χ2v) is 5.72.